The van der Waals surface area contributed by atoms with Crippen LogP contribution in [0.15, 0.2) is 30.3 Å². The number of carbonyl (C=O) groups is 2. The van der Waals surface area contributed by atoms with Crippen molar-refractivity contribution in [3.05, 3.63) is 35.9 Å². The van der Waals surface area contributed by atoms with E-state index in [-0.39, 0.29) is 17.7 Å². The molecule has 0 spiro atoms. The number of piperidine rings is 1. The van der Waals surface area contributed by atoms with Crippen LogP contribution in [-0.4, -0.2) is 46.7 Å². The van der Waals surface area contributed by atoms with E-state index >= 15 is 0 Å². The van der Waals surface area contributed by atoms with E-state index in [0.29, 0.717) is 24.9 Å². The van der Waals surface area contributed by atoms with Crippen LogP contribution in [0.25, 0.3) is 0 Å². The van der Waals surface area contributed by atoms with Crippen LogP contribution in [0.3, 0.4) is 0 Å². The van der Waals surface area contributed by atoms with Crippen molar-refractivity contribution in [2.75, 3.05) is 13.1 Å². The number of carbonyl (C=O) groups excluding carboxylic acids is 2. The molecule has 1 saturated carbocycles. The van der Waals surface area contributed by atoms with Crippen molar-refractivity contribution in [1.29, 1.82) is 0 Å². The second-order valence-corrected chi connectivity index (χ2v) is 7.52. The second kappa shape index (κ2) is 6.67. The lowest BCUT2D eigenvalue weighted by molar-refractivity contribution is -0.155. The monoisotopic (exact) mass is 326 g/mol. The summed E-state index contributed by atoms with van der Waals surface area (Å²) in [5.41, 5.74) is 1.11. The van der Waals surface area contributed by atoms with Gasteiger partial charge < -0.3 is 9.80 Å². The molecule has 2 aliphatic heterocycles. The molecule has 4 rings (SSSR count). The fourth-order valence-corrected chi connectivity index (χ4v) is 4.99. The molecule has 24 heavy (non-hydrogen) atoms. The third-order valence-corrected chi connectivity index (χ3v) is 6.11. The van der Waals surface area contributed by atoms with Crippen LogP contribution in [0.5, 0.6) is 0 Å². The van der Waals surface area contributed by atoms with Crippen LogP contribution in [0, 0.1) is 5.92 Å². The van der Waals surface area contributed by atoms with Gasteiger partial charge in [-0.2, -0.15) is 0 Å². The van der Waals surface area contributed by atoms with Crippen molar-refractivity contribution in [2.45, 2.75) is 57.2 Å². The molecule has 0 aromatic heterocycles. The number of likely N-dealkylation sites (tertiary alicyclic amines) is 2. The first kappa shape index (κ1) is 15.8. The smallest absolute Gasteiger partial charge is 0.290 e. The summed E-state index contributed by atoms with van der Waals surface area (Å²) in [4.78, 5) is 29.4. The number of benzene rings is 1. The molecule has 1 aliphatic carbocycles. The number of rotatable bonds is 3. The van der Waals surface area contributed by atoms with Crippen LogP contribution in [0.4, 0.5) is 0 Å². The van der Waals surface area contributed by atoms with Crippen molar-refractivity contribution in [2.24, 2.45) is 5.92 Å². The molecule has 0 radical (unpaired) electrons. The molecule has 3 atom stereocenters. The molecule has 3 aliphatic rings. The molecule has 0 unspecified atom stereocenters. The van der Waals surface area contributed by atoms with Crippen molar-refractivity contribution in [3.8, 4) is 0 Å². The maximum absolute atomic E-state index is 12.6. The van der Waals surface area contributed by atoms with Crippen LogP contribution in [0.2, 0.25) is 0 Å². The molecule has 1 amide bonds. The molecular weight excluding hydrogens is 300 g/mol. The largest absolute Gasteiger partial charge is 0.328 e. The predicted molar refractivity (Wildman–Crippen MR) is 92.3 cm³/mol. The van der Waals surface area contributed by atoms with E-state index in [1.165, 1.54) is 19.3 Å². The summed E-state index contributed by atoms with van der Waals surface area (Å²) >= 11 is 0. The van der Waals surface area contributed by atoms with Crippen molar-refractivity contribution in [1.82, 2.24) is 9.80 Å². The standard InChI is InChI=1S/C20H26N2O2/c23-19-13-16-17(21-11-4-5-12-21)9-6-10-18(16)22(20(19)24)14-15-7-2-1-3-8-15/h1-3,7-8,16-18H,4-6,9-14H2/t16-,17+,18-/m0/s1. The lowest BCUT2D eigenvalue weighted by atomic mass is 9.73. The Bertz CT molecular complexity index is 609. The van der Waals surface area contributed by atoms with Crippen molar-refractivity contribution in [3.63, 3.8) is 0 Å². The zero-order valence-electron chi connectivity index (χ0n) is 14.2. The van der Waals surface area contributed by atoms with Gasteiger partial charge in [0.25, 0.3) is 5.91 Å². The van der Waals surface area contributed by atoms with Crippen LogP contribution in [-0.2, 0) is 16.1 Å². The number of ketones is 1. The third-order valence-electron chi connectivity index (χ3n) is 6.11. The molecule has 0 bridgehead atoms. The normalized spacial score (nSPS) is 31.3. The van der Waals surface area contributed by atoms with E-state index < -0.39 is 0 Å². The number of amides is 1. The zero-order valence-corrected chi connectivity index (χ0v) is 14.2. The Morgan fingerprint density at radius 2 is 1.62 bits per heavy atom. The summed E-state index contributed by atoms with van der Waals surface area (Å²) < 4.78 is 0. The molecule has 1 aromatic rings. The van der Waals surface area contributed by atoms with Gasteiger partial charge >= 0.3 is 0 Å². The Hall–Kier alpha value is -1.68. The van der Waals surface area contributed by atoms with Crippen LogP contribution < -0.4 is 0 Å². The molecule has 2 heterocycles. The highest BCUT2D eigenvalue weighted by Gasteiger charge is 2.47. The van der Waals surface area contributed by atoms with E-state index in [2.05, 4.69) is 4.90 Å². The highest BCUT2D eigenvalue weighted by atomic mass is 16.2. The first-order valence-corrected chi connectivity index (χ1v) is 9.36. The average Bonchev–Trinajstić information content (AvgIpc) is 3.14. The quantitative estimate of drug-likeness (QED) is 0.802. The maximum Gasteiger partial charge on any atom is 0.290 e. The Morgan fingerprint density at radius 3 is 2.38 bits per heavy atom. The Kier molecular flexibility index (Phi) is 4.40. The van der Waals surface area contributed by atoms with Crippen molar-refractivity contribution < 1.29 is 9.59 Å². The van der Waals surface area contributed by atoms with Gasteiger partial charge in [0, 0.05) is 31.0 Å². The number of nitrogens with zero attached hydrogens (tertiary/aromatic N) is 2. The average molecular weight is 326 g/mol. The van der Waals surface area contributed by atoms with Gasteiger partial charge in [-0.3, -0.25) is 9.59 Å². The summed E-state index contributed by atoms with van der Waals surface area (Å²) in [6.07, 6.45) is 6.39. The van der Waals surface area contributed by atoms with Gasteiger partial charge in [0.05, 0.1) is 0 Å². The Morgan fingerprint density at radius 1 is 0.917 bits per heavy atom. The van der Waals surface area contributed by atoms with E-state index in [1.54, 1.807) is 0 Å². The molecule has 4 heteroatoms. The topological polar surface area (TPSA) is 40.6 Å². The van der Waals surface area contributed by atoms with Crippen LogP contribution >= 0.6 is 0 Å². The zero-order chi connectivity index (χ0) is 16.5. The molecule has 0 N–H and O–H groups in total. The Labute approximate surface area is 143 Å². The van der Waals surface area contributed by atoms with Gasteiger partial charge in [0.1, 0.15) is 0 Å². The second-order valence-electron chi connectivity index (χ2n) is 7.52. The SMILES string of the molecule is O=C1C[C@H]2[C@H](N3CCCC3)CCC[C@@H]2N(Cc2ccccc2)C1=O. The summed E-state index contributed by atoms with van der Waals surface area (Å²) in [5.74, 6) is -0.119. The highest BCUT2D eigenvalue weighted by Crippen LogP contribution is 2.39. The maximum atomic E-state index is 12.6. The number of hydrogen-bond donors (Lipinski definition) is 0. The molecule has 128 valence electrons. The lowest BCUT2D eigenvalue weighted by Crippen LogP contribution is -2.59. The summed E-state index contributed by atoms with van der Waals surface area (Å²) in [7, 11) is 0. The Balaban J connectivity index is 1.58. The van der Waals surface area contributed by atoms with Gasteiger partial charge in [-0.25, -0.2) is 0 Å². The summed E-state index contributed by atoms with van der Waals surface area (Å²) in [6, 6.07) is 10.8. The van der Waals surface area contributed by atoms with Crippen LogP contribution in [0.1, 0.15) is 44.1 Å². The van der Waals surface area contributed by atoms with Crippen molar-refractivity contribution >= 4 is 11.7 Å². The van der Waals surface area contributed by atoms with E-state index in [0.717, 1.165) is 31.5 Å². The molecule has 1 aromatic carbocycles. The highest BCUT2D eigenvalue weighted by molar-refractivity contribution is 6.36. The first-order valence-electron chi connectivity index (χ1n) is 9.36. The van der Waals surface area contributed by atoms with Gasteiger partial charge in [-0.05, 0) is 50.8 Å². The molecular formula is C20H26N2O2. The summed E-state index contributed by atoms with van der Waals surface area (Å²) in [6.45, 7) is 2.89. The molecule has 2 saturated heterocycles. The van der Waals surface area contributed by atoms with Gasteiger partial charge in [0.2, 0.25) is 5.78 Å². The van der Waals surface area contributed by atoms with E-state index in [9.17, 15) is 9.59 Å². The minimum atomic E-state index is -0.262. The van der Waals surface area contributed by atoms with Gasteiger partial charge in [0.15, 0.2) is 0 Å². The lowest BCUT2D eigenvalue weighted by Gasteiger charge is -2.49. The number of fused-ring (bicyclic) bond motifs is 1. The fraction of sp³-hybridized carbons (Fsp3) is 0.600. The third kappa shape index (κ3) is 2.88. The number of Topliss-reactive ketones (excluding diaryl/α,β-unsaturated/α-hetero) is 1. The summed E-state index contributed by atoms with van der Waals surface area (Å²) in [5, 5.41) is 0. The minimum Gasteiger partial charge on any atom is -0.328 e. The molecule has 3 fully saturated rings. The van der Waals surface area contributed by atoms with Gasteiger partial charge in [-0.15, -0.1) is 0 Å². The molecule has 4 nitrogen and oxygen atoms in total. The van der Waals surface area contributed by atoms with E-state index in [1.807, 2.05) is 35.2 Å². The van der Waals surface area contributed by atoms with E-state index in [4.69, 9.17) is 0 Å². The fourth-order valence-electron chi connectivity index (χ4n) is 4.99. The number of hydrogen-bond acceptors (Lipinski definition) is 3. The van der Waals surface area contributed by atoms with Gasteiger partial charge in [-0.1, -0.05) is 30.3 Å². The minimum absolute atomic E-state index is 0.182. The first-order chi connectivity index (χ1) is 11.7. The predicted octanol–water partition coefficient (Wildman–Crippen LogP) is 2.62.